The fourth-order valence-electron chi connectivity index (χ4n) is 2.63. The van der Waals surface area contributed by atoms with E-state index >= 15 is 0 Å². The predicted molar refractivity (Wildman–Crippen MR) is 86.2 cm³/mol. The highest BCUT2D eigenvalue weighted by Gasteiger charge is 2.41. The second kappa shape index (κ2) is 13.5. The van der Waals surface area contributed by atoms with E-state index in [1.165, 1.54) is 32.1 Å². The molecule has 128 valence electrons. The molecule has 0 fully saturated rings. The number of ether oxygens (including phenoxy) is 3. The van der Waals surface area contributed by atoms with Gasteiger partial charge in [-0.1, -0.05) is 45.4 Å². The van der Waals surface area contributed by atoms with E-state index in [1.54, 1.807) is 0 Å². The number of aliphatic hydroxyl groups is 1. The lowest BCUT2D eigenvalue weighted by Crippen LogP contribution is -2.48. The van der Waals surface area contributed by atoms with Crippen molar-refractivity contribution >= 4 is 0 Å². The summed E-state index contributed by atoms with van der Waals surface area (Å²) in [5, 5.41) is 9.74. The molecule has 0 bridgehead atoms. The Bertz CT molecular complexity index is 204. The van der Waals surface area contributed by atoms with Crippen LogP contribution in [-0.2, 0) is 14.2 Å². The zero-order valence-electron chi connectivity index (χ0n) is 14.5. The molecule has 0 saturated carbocycles. The maximum atomic E-state index is 9.74. The summed E-state index contributed by atoms with van der Waals surface area (Å²) in [6.07, 6.45) is 8.26. The number of hydrogen-bond acceptors (Lipinski definition) is 4. The molecular weight excluding hydrogens is 268 g/mol. The Morgan fingerprint density at radius 3 is 1.67 bits per heavy atom. The molecule has 1 N–H and O–H groups in total. The van der Waals surface area contributed by atoms with Gasteiger partial charge in [0.05, 0.1) is 12.5 Å². The van der Waals surface area contributed by atoms with Gasteiger partial charge in [0, 0.05) is 19.8 Å². The van der Waals surface area contributed by atoms with Crippen LogP contribution in [0.5, 0.6) is 0 Å². The molecule has 0 heterocycles. The summed E-state index contributed by atoms with van der Waals surface area (Å²) < 4.78 is 17.3. The molecule has 4 nitrogen and oxygen atoms in total. The molecule has 0 saturated heterocycles. The fourth-order valence-corrected chi connectivity index (χ4v) is 2.63. The third kappa shape index (κ3) is 8.15. The topological polar surface area (TPSA) is 47.9 Å². The number of unbranched alkanes of at least 4 members (excludes halogenated alkanes) is 5. The van der Waals surface area contributed by atoms with Crippen molar-refractivity contribution in [3.63, 3.8) is 0 Å². The van der Waals surface area contributed by atoms with Crippen LogP contribution in [0.15, 0.2) is 0 Å². The second-order valence-corrected chi connectivity index (χ2v) is 5.34. The summed E-state index contributed by atoms with van der Waals surface area (Å²) in [7, 11) is 0. The molecule has 0 aromatic carbocycles. The van der Waals surface area contributed by atoms with Crippen molar-refractivity contribution in [3.8, 4) is 0 Å². The zero-order valence-corrected chi connectivity index (χ0v) is 14.5. The van der Waals surface area contributed by atoms with E-state index in [-0.39, 0.29) is 12.5 Å². The average Bonchev–Trinajstić information content (AvgIpc) is 2.47. The lowest BCUT2D eigenvalue weighted by atomic mass is 9.98. The second-order valence-electron chi connectivity index (χ2n) is 5.34. The highest BCUT2D eigenvalue weighted by atomic mass is 16.9. The van der Waals surface area contributed by atoms with Gasteiger partial charge in [0.2, 0.25) is 0 Å². The molecule has 0 aliphatic heterocycles. The van der Waals surface area contributed by atoms with Crippen molar-refractivity contribution in [3.05, 3.63) is 0 Å². The van der Waals surface area contributed by atoms with Crippen LogP contribution in [0.1, 0.15) is 72.6 Å². The summed E-state index contributed by atoms with van der Waals surface area (Å²) in [6.45, 7) is 9.54. The third-order valence-corrected chi connectivity index (χ3v) is 3.66. The van der Waals surface area contributed by atoms with Crippen molar-refractivity contribution in [1.29, 1.82) is 0 Å². The van der Waals surface area contributed by atoms with Crippen LogP contribution in [-0.4, -0.2) is 37.5 Å². The van der Waals surface area contributed by atoms with E-state index in [0.29, 0.717) is 19.8 Å². The molecule has 0 aliphatic carbocycles. The Morgan fingerprint density at radius 2 is 1.24 bits per heavy atom. The summed E-state index contributed by atoms with van der Waals surface area (Å²) in [4.78, 5) is 0. The summed E-state index contributed by atoms with van der Waals surface area (Å²) in [6, 6.07) is 0. The summed E-state index contributed by atoms with van der Waals surface area (Å²) in [5.41, 5.74) is 0. The molecule has 0 aromatic rings. The molecule has 1 unspecified atom stereocenters. The molecule has 0 aromatic heterocycles. The summed E-state index contributed by atoms with van der Waals surface area (Å²) >= 11 is 0. The van der Waals surface area contributed by atoms with Crippen LogP contribution in [0, 0.1) is 5.92 Å². The first-order valence-corrected chi connectivity index (χ1v) is 8.73. The van der Waals surface area contributed by atoms with Gasteiger partial charge in [0.15, 0.2) is 0 Å². The smallest absolute Gasteiger partial charge is 0.288 e. The Labute approximate surface area is 131 Å². The van der Waals surface area contributed by atoms with Gasteiger partial charge in [0.1, 0.15) is 0 Å². The van der Waals surface area contributed by atoms with Gasteiger partial charge in [0.25, 0.3) is 5.97 Å². The van der Waals surface area contributed by atoms with Crippen molar-refractivity contribution in [2.45, 2.75) is 78.6 Å². The van der Waals surface area contributed by atoms with Crippen molar-refractivity contribution in [1.82, 2.24) is 0 Å². The lowest BCUT2D eigenvalue weighted by molar-refractivity contribution is -0.405. The number of hydrogen-bond donors (Lipinski definition) is 1. The standard InChI is InChI=1S/C17H36O4/c1-5-9-10-11-12-13-14-16(15-18)17(19-6-2,20-7-3)21-8-4/h16,18H,5-15H2,1-4H3. The van der Waals surface area contributed by atoms with Crippen LogP contribution in [0.4, 0.5) is 0 Å². The monoisotopic (exact) mass is 304 g/mol. The Morgan fingerprint density at radius 1 is 0.762 bits per heavy atom. The number of rotatable bonds is 15. The van der Waals surface area contributed by atoms with E-state index in [9.17, 15) is 5.11 Å². The highest BCUT2D eigenvalue weighted by molar-refractivity contribution is 4.71. The van der Waals surface area contributed by atoms with E-state index in [0.717, 1.165) is 12.8 Å². The number of aliphatic hydroxyl groups excluding tert-OH is 1. The first-order valence-electron chi connectivity index (χ1n) is 8.73. The van der Waals surface area contributed by atoms with Crippen LogP contribution < -0.4 is 0 Å². The molecule has 0 spiro atoms. The van der Waals surface area contributed by atoms with Crippen molar-refractivity contribution in [2.75, 3.05) is 26.4 Å². The van der Waals surface area contributed by atoms with Crippen LogP contribution in [0.25, 0.3) is 0 Å². The minimum absolute atomic E-state index is 0.0228. The molecule has 0 rings (SSSR count). The Balaban J connectivity index is 4.43. The Hall–Kier alpha value is -0.160. The maximum Gasteiger partial charge on any atom is 0.288 e. The van der Waals surface area contributed by atoms with Crippen molar-refractivity contribution in [2.24, 2.45) is 5.92 Å². The summed E-state index contributed by atoms with van der Waals surface area (Å²) in [5.74, 6) is -1.22. The SMILES string of the molecule is CCCCCCCCC(CO)C(OCC)(OCC)OCC. The van der Waals surface area contributed by atoms with Gasteiger partial charge in [-0.2, -0.15) is 0 Å². The first kappa shape index (κ1) is 20.8. The molecule has 21 heavy (non-hydrogen) atoms. The molecular formula is C17H36O4. The van der Waals surface area contributed by atoms with Crippen LogP contribution in [0.3, 0.4) is 0 Å². The lowest BCUT2D eigenvalue weighted by Gasteiger charge is -2.38. The maximum absolute atomic E-state index is 9.74. The van der Waals surface area contributed by atoms with Gasteiger partial charge in [-0.3, -0.25) is 0 Å². The molecule has 4 heteroatoms. The molecule has 0 amide bonds. The molecule has 0 aliphatic rings. The Kier molecular flexibility index (Phi) is 13.4. The van der Waals surface area contributed by atoms with E-state index < -0.39 is 5.97 Å². The highest BCUT2D eigenvalue weighted by Crippen LogP contribution is 2.30. The molecule has 0 radical (unpaired) electrons. The van der Waals surface area contributed by atoms with E-state index in [2.05, 4.69) is 6.92 Å². The van der Waals surface area contributed by atoms with Gasteiger partial charge >= 0.3 is 0 Å². The van der Waals surface area contributed by atoms with Crippen LogP contribution in [0.2, 0.25) is 0 Å². The zero-order chi connectivity index (χ0) is 16.0. The normalized spacial score (nSPS) is 13.6. The van der Waals surface area contributed by atoms with Gasteiger partial charge < -0.3 is 19.3 Å². The predicted octanol–water partition coefficient (Wildman–Crippen LogP) is 4.11. The van der Waals surface area contributed by atoms with Crippen molar-refractivity contribution < 1.29 is 19.3 Å². The van der Waals surface area contributed by atoms with Gasteiger partial charge in [-0.05, 0) is 27.2 Å². The largest absolute Gasteiger partial charge is 0.396 e. The molecule has 1 atom stereocenters. The fraction of sp³-hybridized carbons (Fsp3) is 1.00. The third-order valence-electron chi connectivity index (χ3n) is 3.66. The van der Waals surface area contributed by atoms with E-state index in [4.69, 9.17) is 14.2 Å². The van der Waals surface area contributed by atoms with Crippen LogP contribution >= 0.6 is 0 Å². The minimum atomic E-state index is -1.09. The average molecular weight is 304 g/mol. The van der Waals surface area contributed by atoms with E-state index in [1.807, 2.05) is 20.8 Å². The van der Waals surface area contributed by atoms with Gasteiger partial charge in [-0.25, -0.2) is 0 Å². The minimum Gasteiger partial charge on any atom is -0.396 e. The van der Waals surface area contributed by atoms with Gasteiger partial charge in [-0.15, -0.1) is 0 Å². The quantitative estimate of drug-likeness (QED) is 0.365. The first-order chi connectivity index (χ1) is 10.2.